The molecule has 0 bridgehead atoms. The zero-order valence-corrected chi connectivity index (χ0v) is 21.9. The molecule has 186 valence electrons. The molecule has 1 atom stereocenters. The van der Waals surface area contributed by atoms with E-state index in [0.29, 0.717) is 11.3 Å². The molecule has 0 aliphatic carbocycles. The highest BCUT2D eigenvalue weighted by atomic mass is 16.3. The fourth-order valence-electron chi connectivity index (χ4n) is 5.06. The van der Waals surface area contributed by atoms with Gasteiger partial charge in [-0.2, -0.15) is 0 Å². The maximum absolute atomic E-state index is 13.5. The molecule has 1 amide bonds. The molecule has 0 spiro atoms. The van der Waals surface area contributed by atoms with Gasteiger partial charge in [0.25, 0.3) is 11.7 Å². The third-order valence-electron chi connectivity index (χ3n) is 7.04. The largest absolute Gasteiger partial charge is 0.507 e. The van der Waals surface area contributed by atoms with E-state index in [2.05, 4.69) is 18.7 Å². The molecule has 1 fully saturated rings. The minimum absolute atomic E-state index is 0.115. The quantitative estimate of drug-likeness (QED) is 0.251. The summed E-state index contributed by atoms with van der Waals surface area (Å²) < 4.78 is 0. The Labute approximate surface area is 213 Å². The molecule has 1 unspecified atom stereocenters. The van der Waals surface area contributed by atoms with Crippen molar-refractivity contribution in [1.82, 2.24) is 0 Å². The zero-order chi connectivity index (χ0) is 26.1. The van der Waals surface area contributed by atoms with Gasteiger partial charge in [-0.3, -0.25) is 14.5 Å². The lowest BCUT2D eigenvalue weighted by molar-refractivity contribution is -0.132. The Bertz CT molecular complexity index is 1350. The lowest BCUT2D eigenvalue weighted by atomic mass is 9.93. The van der Waals surface area contributed by atoms with Crippen molar-refractivity contribution in [2.75, 3.05) is 22.9 Å². The van der Waals surface area contributed by atoms with Crippen LogP contribution in [0.3, 0.4) is 0 Å². The average Bonchev–Trinajstić information content (AvgIpc) is 3.12. The van der Waals surface area contributed by atoms with Crippen LogP contribution in [0.15, 0.2) is 66.2 Å². The first-order valence-corrected chi connectivity index (χ1v) is 12.5. The highest BCUT2D eigenvalue weighted by molar-refractivity contribution is 6.51. The number of rotatable bonds is 6. The van der Waals surface area contributed by atoms with Gasteiger partial charge in [-0.15, -0.1) is 0 Å². The molecule has 0 radical (unpaired) electrons. The summed E-state index contributed by atoms with van der Waals surface area (Å²) in [5, 5.41) is 11.5. The number of aliphatic hydroxyl groups excluding tert-OH is 1. The second-order valence-corrected chi connectivity index (χ2v) is 9.54. The predicted molar refractivity (Wildman–Crippen MR) is 147 cm³/mol. The first-order chi connectivity index (χ1) is 17.2. The maximum Gasteiger partial charge on any atom is 0.300 e. The summed E-state index contributed by atoms with van der Waals surface area (Å²) in [6, 6.07) is 18.8. The van der Waals surface area contributed by atoms with Gasteiger partial charge in [0.2, 0.25) is 0 Å². The highest BCUT2D eigenvalue weighted by Crippen LogP contribution is 2.44. The lowest BCUT2D eigenvalue weighted by Gasteiger charge is -2.28. The minimum Gasteiger partial charge on any atom is -0.507 e. The van der Waals surface area contributed by atoms with Crippen LogP contribution in [-0.4, -0.2) is 29.9 Å². The van der Waals surface area contributed by atoms with Crippen molar-refractivity contribution < 1.29 is 14.7 Å². The third-order valence-corrected chi connectivity index (χ3v) is 7.04. The number of hydrogen-bond acceptors (Lipinski definition) is 4. The fraction of sp³-hybridized carbons (Fsp3) is 0.290. The molecule has 3 aromatic carbocycles. The monoisotopic (exact) mass is 482 g/mol. The molecular weight excluding hydrogens is 448 g/mol. The van der Waals surface area contributed by atoms with Crippen molar-refractivity contribution in [3.8, 4) is 0 Å². The summed E-state index contributed by atoms with van der Waals surface area (Å²) >= 11 is 0. The first-order valence-electron chi connectivity index (χ1n) is 12.5. The number of amides is 1. The van der Waals surface area contributed by atoms with E-state index in [-0.39, 0.29) is 11.3 Å². The Morgan fingerprint density at radius 1 is 0.833 bits per heavy atom. The summed E-state index contributed by atoms with van der Waals surface area (Å²) in [5.41, 5.74) is 6.97. The van der Waals surface area contributed by atoms with Gasteiger partial charge in [-0.1, -0.05) is 47.5 Å². The summed E-state index contributed by atoms with van der Waals surface area (Å²) in [6.07, 6.45) is 0. The SMILES string of the molecule is CCN(CC)c1ccc(C2/C(=C(\O)c3cc(C)ccc3C)C(=O)C(=O)N2c2ccc(C)cc2C)cc1. The molecule has 5 nitrogen and oxygen atoms in total. The smallest absolute Gasteiger partial charge is 0.300 e. The Morgan fingerprint density at radius 2 is 1.44 bits per heavy atom. The number of aliphatic hydroxyl groups is 1. The Balaban J connectivity index is 1.95. The minimum atomic E-state index is -0.739. The molecule has 3 aromatic rings. The molecule has 5 heteroatoms. The van der Waals surface area contributed by atoms with E-state index in [1.54, 1.807) is 4.90 Å². The van der Waals surface area contributed by atoms with Gasteiger partial charge in [0.15, 0.2) is 0 Å². The van der Waals surface area contributed by atoms with Crippen molar-refractivity contribution in [3.05, 3.63) is 99.6 Å². The molecule has 1 heterocycles. The summed E-state index contributed by atoms with van der Waals surface area (Å²) in [4.78, 5) is 30.8. The van der Waals surface area contributed by atoms with E-state index in [1.807, 2.05) is 88.4 Å². The number of benzene rings is 3. The number of carbonyl (C=O) groups is 2. The molecule has 1 aliphatic heterocycles. The van der Waals surface area contributed by atoms with Gasteiger partial charge in [0.05, 0.1) is 11.6 Å². The van der Waals surface area contributed by atoms with Crippen molar-refractivity contribution in [3.63, 3.8) is 0 Å². The summed E-state index contributed by atoms with van der Waals surface area (Å²) in [7, 11) is 0. The standard InChI is InChI=1S/C31H34N2O3/c1-7-32(8-2)24-14-12-23(13-15-24)28-27(29(34)25-18-20(4)9-11-21(25)5)30(35)31(36)33(28)26-16-10-19(3)17-22(26)6/h9-18,28,34H,7-8H2,1-6H3/b29-27+. The van der Waals surface area contributed by atoms with Gasteiger partial charge in [0.1, 0.15) is 5.76 Å². The number of Topliss-reactive ketones (excluding diaryl/α,β-unsaturated/α-hetero) is 1. The third kappa shape index (κ3) is 4.41. The normalized spacial score (nSPS) is 17.1. The van der Waals surface area contributed by atoms with E-state index in [4.69, 9.17) is 0 Å². The highest BCUT2D eigenvalue weighted by Gasteiger charge is 2.47. The van der Waals surface area contributed by atoms with Gasteiger partial charge < -0.3 is 10.0 Å². The lowest BCUT2D eigenvalue weighted by Crippen LogP contribution is -2.30. The number of hydrogen-bond donors (Lipinski definition) is 1. The number of nitrogens with zero attached hydrogens (tertiary/aromatic N) is 2. The van der Waals surface area contributed by atoms with Crippen LogP contribution in [0.2, 0.25) is 0 Å². The van der Waals surface area contributed by atoms with Gasteiger partial charge in [-0.25, -0.2) is 0 Å². The van der Waals surface area contributed by atoms with Gasteiger partial charge >= 0.3 is 0 Å². The van der Waals surface area contributed by atoms with Gasteiger partial charge in [-0.05, 0) is 82.5 Å². The Hall–Kier alpha value is -3.86. The Morgan fingerprint density at radius 3 is 2.06 bits per heavy atom. The van der Waals surface area contributed by atoms with Crippen LogP contribution >= 0.6 is 0 Å². The van der Waals surface area contributed by atoms with Crippen LogP contribution in [-0.2, 0) is 9.59 Å². The second kappa shape index (κ2) is 10.0. The van der Waals surface area contributed by atoms with Crippen molar-refractivity contribution >= 4 is 28.8 Å². The molecule has 36 heavy (non-hydrogen) atoms. The Kier molecular flexibility index (Phi) is 7.02. The fourth-order valence-corrected chi connectivity index (χ4v) is 5.06. The molecular formula is C31H34N2O3. The van der Waals surface area contributed by atoms with Crippen LogP contribution in [0.4, 0.5) is 11.4 Å². The van der Waals surface area contributed by atoms with E-state index in [0.717, 1.165) is 46.6 Å². The van der Waals surface area contributed by atoms with E-state index < -0.39 is 17.7 Å². The van der Waals surface area contributed by atoms with E-state index in [9.17, 15) is 14.7 Å². The first kappa shape index (κ1) is 25.2. The number of anilines is 2. The van der Waals surface area contributed by atoms with Crippen molar-refractivity contribution in [2.24, 2.45) is 0 Å². The van der Waals surface area contributed by atoms with Crippen LogP contribution in [0.5, 0.6) is 0 Å². The van der Waals surface area contributed by atoms with Crippen LogP contribution in [0.1, 0.15) is 53.3 Å². The number of aryl methyl sites for hydroxylation is 4. The molecule has 0 aromatic heterocycles. The van der Waals surface area contributed by atoms with Crippen molar-refractivity contribution in [2.45, 2.75) is 47.6 Å². The second-order valence-electron chi connectivity index (χ2n) is 9.54. The summed E-state index contributed by atoms with van der Waals surface area (Å²) in [6.45, 7) is 13.7. The number of carbonyl (C=O) groups excluding carboxylic acids is 2. The zero-order valence-electron chi connectivity index (χ0n) is 21.9. The van der Waals surface area contributed by atoms with Crippen LogP contribution in [0.25, 0.3) is 5.76 Å². The van der Waals surface area contributed by atoms with Crippen LogP contribution in [0, 0.1) is 27.7 Å². The molecule has 1 N–H and O–H groups in total. The predicted octanol–water partition coefficient (Wildman–Crippen LogP) is 6.39. The van der Waals surface area contributed by atoms with Crippen LogP contribution < -0.4 is 9.80 Å². The summed E-state index contributed by atoms with van der Waals surface area (Å²) in [5.74, 6) is -1.45. The van der Waals surface area contributed by atoms with Gasteiger partial charge in [0, 0.05) is 30.0 Å². The van der Waals surface area contributed by atoms with E-state index in [1.165, 1.54) is 0 Å². The maximum atomic E-state index is 13.5. The number of ketones is 1. The van der Waals surface area contributed by atoms with Crippen molar-refractivity contribution in [1.29, 1.82) is 0 Å². The molecule has 4 rings (SSSR count). The topological polar surface area (TPSA) is 60.9 Å². The molecule has 1 aliphatic rings. The average molecular weight is 483 g/mol. The molecule has 0 saturated carbocycles. The van der Waals surface area contributed by atoms with E-state index >= 15 is 0 Å². The molecule has 1 saturated heterocycles.